The van der Waals surface area contributed by atoms with E-state index in [0.29, 0.717) is 5.56 Å². The van der Waals surface area contributed by atoms with Gasteiger partial charge >= 0.3 is 0 Å². The average Bonchev–Trinajstić information content (AvgIpc) is 2.77. The number of hydrogen-bond donors (Lipinski definition) is 1. The Hall–Kier alpha value is -2.69. The van der Waals surface area contributed by atoms with Gasteiger partial charge in [0.1, 0.15) is 0 Å². The highest BCUT2D eigenvalue weighted by Gasteiger charge is 2.18. The molecule has 0 aliphatic rings. The van der Waals surface area contributed by atoms with E-state index in [1.54, 1.807) is 4.68 Å². The lowest BCUT2D eigenvalue weighted by molar-refractivity contribution is 0.102. The van der Waals surface area contributed by atoms with Crippen LogP contribution >= 0.6 is 0 Å². The lowest BCUT2D eigenvalue weighted by Gasteiger charge is -2.12. The van der Waals surface area contributed by atoms with E-state index in [4.69, 9.17) is 0 Å². The van der Waals surface area contributed by atoms with Crippen molar-refractivity contribution in [2.45, 2.75) is 27.7 Å². The Labute approximate surface area is 135 Å². The Kier molecular flexibility index (Phi) is 3.64. The molecule has 0 saturated heterocycles. The minimum atomic E-state index is -0.131. The van der Waals surface area contributed by atoms with Crippen LogP contribution in [0.2, 0.25) is 0 Å². The predicted octanol–water partition coefficient (Wildman–Crippen LogP) is 3.45. The number of anilines is 1. The van der Waals surface area contributed by atoms with Crippen LogP contribution in [0.1, 0.15) is 32.9 Å². The van der Waals surface area contributed by atoms with Crippen molar-refractivity contribution in [3.8, 4) is 0 Å². The third-order valence-electron chi connectivity index (χ3n) is 4.06. The maximum absolute atomic E-state index is 12.9. The van der Waals surface area contributed by atoms with Gasteiger partial charge in [0.15, 0.2) is 5.65 Å². The molecule has 0 spiro atoms. The Morgan fingerprint density at radius 2 is 1.78 bits per heavy atom. The van der Waals surface area contributed by atoms with Crippen LogP contribution in [0, 0.1) is 27.7 Å². The molecule has 0 unspecified atom stereocenters. The van der Waals surface area contributed by atoms with Crippen molar-refractivity contribution in [3.63, 3.8) is 0 Å². The molecule has 0 saturated carbocycles. The van der Waals surface area contributed by atoms with E-state index in [-0.39, 0.29) is 5.91 Å². The van der Waals surface area contributed by atoms with E-state index in [2.05, 4.69) is 15.4 Å². The topological polar surface area (TPSA) is 59.8 Å². The summed E-state index contributed by atoms with van der Waals surface area (Å²) >= 11 is 0. The normalized spacial score (nSPS) is 11.0. The van der Waals surface area contributed by atoms with Gasteiger partial charge < -0.3 is 5.32 Å². The molecule has 1 aromatic carbocycles. The highest BCUT2D eigenvalue weighted by Crippen LogP contribution is 2.25. The molecule has 0 aliphatic heterocycles. The Balaban J connectivity index is 2.12. The maximum atomic E-state index is 12.9. The minimum Gasteiger partial charge on any atom is -0.321 e. The molecule has 23 heavy (non-hydrogen) atoms. The van der Waals surface area contributed by atoms with Crippen molar-refractivity contribution in [2.24, 2.45) is 7.05 Å². The third kappa shape index (κ3) is 2.59. The van der Waals surface area contributed by atoms with E-state index in [9.17, 15) is 4.79 Å². The van der Waals surface area contributed by atoms with Crippen LogP contribution < -0.4 is 5.32 Å². The molecular formula is C18H20N4O. The molecule has 1 amide bonds. The molecule has 0 fully saturated rings. The summed E-state index contributed by atoms with van der Waals surface area (Å²) in [5, 5.41) is 8.24. The number of hydrogen-bond acceptors (Lipinski definition) is 3. The van der Waals surface area contributed by atoms with Crippen LogP contribution in [0.3, 0.4) is 0 Å². The second-order valence-corrected chi connectivity index (χ2v) is 5.94. The monoisotopic (exact) mass is 308 g/mol. The van der Waals surface area contributed by atoms with Crippen molar-refractivity contribution in [1.29, 1.82) is 0 Å². The standard InChI is InChI=1S/C18H20N4O/c1-10-7-6-8-11(2)16(10)20-18(23)14-9-12(3)19-17-15(14)13(4)21-22(17)5/h6-9H,1-5H3,(H,20,23). The first kappa shape index (κ1) is 15.2. The van der Waals surface area contributed by atoms with Gasteiger partial charge in [-0.25, -0.2) is 4.98 Å². The Morgan fingerprint density at radius 1 is 1.13 bits per heavy atom. The summed E-state index contributed by atoms with van der Waals surface area (Å²) in [5.41, 5.74) is 5.90. The van der Waals surface area contributed by atoms with Crippen molar-refractivity contribution in [3.05, 3.63) is 52.3 Å². The van der Waals surface area contributed by atoms with Crippen LogP contribution in [-0.4, -0.2) is 20.7 Å². The zero-order chi connectivity index (χ0) is 16.7. The number of para-hydroxylation sites is 1. The van der Waals surface area contributed by atoms with Gasteiger partial charge in [0.2, 0.25) is 0 Å². The molecule has 118 valence electrons. The number of aryl methyl sites for hydroxylation is 5. The number of nitrogens with zero attached hydrogens (tertiary/aromatic N) is 3. The fourth-order valence-electron chi connectivity index (χ4n) is 2.94. The Morgan fingerprint density at radius 3 is 2.43 bits per heavy atom. The van der Waals surface area contributed by atoms with Crippen LogP contribution in [0.15, 0.2) is 24.3 Å². The smallest absolute Gasteiger partial charge is 0.256 e. The number of carbonyl (C=O) groups excluding carboxylic acids is 1. The van der Waals surface area contributed by atoms with Crippen LogP contribution in [-0.2, 0) is 7.05 Å². The molecule has 2 aromatic heterocycles. The SMILES string of the molecule is Cc1cc(C(=O)Nc2c(C)cccc2C)c2c(C)nn(C)c2n1. The number of carbonyl (C=O) groups is 1. The number of rotatable bonds is 2. The number of benzene rings is 1. The van der Waals surface area contributed by atoms with E-state index in [0.717, 1.165) is 39.2 Å². The van der Waals surface area contributed by atoms with Crippen molar-refractivity contribution >= 4 is 22.6 Å². The molecular weight excluding hydrogens is 288 g/mol. The van der Waals surface area contributed by atoms with Crippen LogP contribution in [0.5, 0.6) is 0 Å². The molecule has 5 nitrogen and oxygen atoms in total. The second kappa shape index (κ2) is 5.50. The Bertz CT molecular complexity index is 904. The summed E-state index contributed by atoms with van der Waals surface area (Å²) in [6.45, 7) is 7.77. The summed E-state index contributed by atoms with van der Waals surface area (Å²) in [6.07, 6.45) is 0. The summed E-state index contributed by atoms with van der Waals surface area (Å²) in [7, 11) is 1.84. The van der Waals surface area contributed by atoms with Crippen molar-refractivity contribution < 1.29 is 4.79 Å². The molecule has 0 radical (unpaired) electrons. The first-order chi connectivity index (χ1) is 10.9. The van der Waals surface area contributed by atoms with E-state index < -0.39 is 0 Å². The molecule has 0 bridgehead atoms. The summed E-state index contributed by atoms with van der Waals surface area (Å²) in [6, 6.07) is 7.79. The lowest BCUT2D eigenvalue weighted by atomic mass is 10.1. The van der Waals surface area contributed by atoms with Gasteiger partial charge in [-0.15, -0.1) is 0 Å². The van der Waals surface area contributed by atoms with Gasteiger partial charge in [-0.1, -0.05) is 18.2 Å². The van der Waals surface area contributed by atoms with Gasteiger partial charge in [-0.2, -0.15) is 5.10 Å². The molecule has 1 N–H and O–H groups in total. The number of aromatic nitrogens is 3. The fraction of sp³-hybridized carbons (Fsp3) is 0.278. The first-order valence-electron chi connectivity index (χ1n) is 7.57. The van der Waals surface area contributed by atoms with Crippen molar-refractivity contribution in [1.82, 2.24) is 14.8 Å². The summed E-state index contributed by atoms with van der Waals surface area (Å²) < 4.78 is 1.72. The zero-order valence-electron chi connectivity index (χ0n) is 14.1. The van der Waals surface area contributed by atoms with Crippen LogP contribution in [0.4, 0.5) is 5.69 Å². The zero-order valence-corrected chi connectivity index (χ0v) is 14.1. The van der Waals surface area contributed by atoms with Gasteiger partial charge in [0.25, 0.3) is 5.91 Å². The molecule has 0 aliphatic carbocycles. The highest BCUT2D eigenvalue weighted by molar-refractivity contribution is 6.13. The molecule has 3 rings (SSSR count). The van der Waals surface area contributed by atoms with Crippen LogP contribution in [0.25, 0.3) is 11.0 Å². The minimum absolute atomic E-state index is 0.131. The number of pyridine rings is 1. The number of fused-ring (bicyclic) bond motifs is 1. The van der Waals surface area contributed by atoms with Crippen molar-refractivity contribution in [2.75, 3.05) is 5.32 Å². The van der Waals surface area contributed by atoms with E-state index >= 15 is 0 Å². The lowest BCUT2D eigenvalue weighted by Crippen LogP contribution is -2.15. The predicted molar refractivity (Wildman–Crippen MR) is 91.9 cm³/mol. The van der Waals surface area contributed by atoms with Gasteiger partial charge in [0, 0.05) is 18.4 Å². The largest absolute Gasteiger partial charge is 0.321 e. The molecule has 0 atom stereocenters. The molecule has 3 aromatic rings. The summed E-state index contributed by atoms with van der Waals surface area (Å²) in [5.74, 6) is -0.131. The number of nitrogens with one attached hydrogen (secondary N) is 1. The number of amides is 1. The van der Waals surface area contributed by atoms with Gasteiger partial charge in [-0.05, 0) is 44.9 Å². The quantitative estimate of drug-likeness (QED) is 0.788. The second-order valence-electron chi connectivity index (χ2n) is 5.94. The molecule has 2 heterocycles. The third-order valence-corrected chi connectivity index (χ3v) is 4.06. The maximum Gasteiger partial charge on any atom is 0.256 e. The average molecular weight is 308 g/mol. The molecule has 5 heteroatoms. The van der Waals surface area contributed by atoms with E-state index in [1.807, 2.05) is 59.0 Å². The van der Waals surface area contributed by atoms with E-state index in [1.165, 1.54) is 0 Å². The summed E-state index contributed by atoms with van der Waals surface area (Å²) in [4.78, 5) is 17.4. The fourth-order valence-corrected chi connectivity index (χ4v) is 2.94. The van der Waals surface area contributed by atoms with Gasteiger partial charge in [-0.3, -0.25) is 9.48 Å². The van der Waals surface area contributed by atoms with Gasteiger partial charge in [0.05, 0.1) is 16.6 Å². The highest BCUT2D eigenvalue weighted by atomic mass is 16.1. The first-order valence-corrected chi connectivity index (χ1v) is 7.57.